The summed E-state index contributed by atoms with van der Waals surface area (Å²) in [4.78, 5) is 172. The number of rotatable bonds is 21. The van der Waals surface area contributed by atoms with Crippen LogP contribution < -0.4 is 21.3 Å². The summed E-state index contributed by atoms with van der Waals surface area (Å²) in [7, 11) is 9.85. The smallest absolute Gasteiger partial charge is 0.246 e. The fourth-order valence-corrected chi connectivity index (χ4v) is 12.9. The third kappa shape index (κ3) is 25.2. The van der Waals surface area contributed by atoms with E-state index in [1.54, 1.807) is 60.6 Å². The van der Waals surface area contributed by atoms with Gasteiger partial charge in [-0.3, -0.25) is 52.7 Å². The van der Waals surface area contributed by atoms with Gasteiger partial charge in [-0.15, -0.1) is 0 Å². The fraction of sp³-hybridized carbons (Fsp3) is 0.806. The zero-order valence-electron chi connectivity index (χ0n) is 60.7. The second kappa shape index (κ2) is 39.5. The molecule has 6 N–H and O–H groups in total. The minimum absolute atomic E-state index is 0.0231. The first-order valence-corrected chi connectivity index (χ1v) is 35.0. The average molecular weight is 1350 g/mol. The maximum atomic E-state index is 15.3. The van der Waals surface area contributed by atoms with Gasteiger partial charge in [-0.2, -0.15) is 24.4 Å². The Hall–Kier alpha value is -5.47. The molecule has 0 unspecified atom stereocenters. The van der Waals surface area contributed by atoms with Crippen LogP contribution in [-0.4, -0.2) is 254 Å². The van der Waals surface area contributed by atoms with Crippen LogP contribution in [0.5, 0.6) is 0 Å². The summed E-state index contributed by atoms with van der Waals surface area (Å²) in [6.45, 7) is 28.9. The van der Waals surface area contributed by atoms with E-state index in [4.69, 9.17) is 0 Å². The van der Waals surface area contributed by atoms with Crippen LogP contribution in [0.2, 0.25) is 0 Å². The molecule has 0 aliphatic carbocycles. The molecule has 0 radical (unpaired) electrons. The number of nitrogens with zero attached hydrogens (tertiary/aromatic N) is 7. The number of likely N-dealkylation sites (N-methyl/N-ethyl adjacent to an activating group) is 7. The molecule has 0 spiro atoms. The van der Waals surface area contributed by atoms with Crippen LogP contribution in [0, 0.1) is 35.5 Å². The second-order valence-corrected chi connectivity index (χ2v) is 29.8. The summed E-state index contributed by atoms with van der Waals surface area (Å²) in [6.07, 6.45) is 3.85. The minimum atomic E-state index is -1.66. The number of unbranched alkanes of at least 4 members (excludes halogenated alkanes) is 1. The Morgan fingerprint density at radius 1 is 0.516 bits per heavy atom. The summed E-state index contributed by atoms with van der Waals surface area (Å²) in [5, 5.41) is 34.7. The van der Waals surface area contributed by atoms with Crippen molar-refractivity contribution in [3.05, 3.63) is 12.2 Å². The number of amides is 11. The average Bonchev–Trinajstić information content (AvgIpc) is 0.853. The third-order valence-corrected chi connectivity index (χ3v) is 18.8. The highest BCUT2D eigenvalue weighted by atomic mass is 32.2. The van der Waals surface area contributed by atoms with E-state index in [9.17, 15) is 34.2 Å². The molecule has 1 heterocycles. The predicted octanol–water partition coefficient (Wildman–Crippen LogP) is 4.20. The van der Waals surface area contributed by atoms with Gasteiger partial charge in [0.2, 0.25) is 65.0 Å². The quantitative estimate of drug-likeness (QED) is 0.0482. The molecule has 0 saturated carbocycles. The number of nitrogens with one attached hydrogen (secondary N) is 4. The van der Waals surface area contributed by atoms with Crippen LogP contribution in [0.3, 0.4) is 0 Å². The van der Waals surface area contributed by atoms with Gasteiger partial charge in [0.1, 0.15) is 66.5 Å². The lowest BCUT2D eigenvalue weighted by Crippen LogP contribution is -2.64. The van der Waals surface area contributed by atoms with Crippen LogP contribution in [0.1, 0.15) is 169 Å². The highest BCUT2D eigenvalue weighted by Gasteiger charge is 2.47. The van der Waals surface area contributed by atoms with E-state index in [0.717, 1.165) is 22.6 Å². The van der Waals surface area contributed by atoms with Gasteiger partial charge in [-0.25, -0.2) is 0 Å². The van der Waals surface area contributed by atoms with Crippen molar-refractivity contribution in [2.75, 3.05) is 66.6 Å². The SMILES string of the molecule is C/C=C/C[C@@H](C)[C@@H](O)[C@H]1C(=O)N[C@@H](CC)C(=O)N(C)[C@H](CSCCCCS)C(=O)N(C)[C@@H](CC(C)(C)O)C(=O)N[C@@H](C(C)C)C(=O)N(C)[C@@H](CC(C)C)C(=O)N[C@@H](C)C(=O)N[C@H](C)C(=O)N(C)[C@@H](CC(C)C)C(=O)N(C)[C@@H](CC(C)C)C(=O)N(C)[C@@H](C(C)C)C(=O)N1C. The molecule has 1 aliphatic heterocycles. The van der Waals surface area contributed by atoms with Crippen molar-refractivity contribution >= 4 is 89.4 Å². The molecule has 0 aromatic carbocycles. The Labute approximate surface area is 566 Å². The molecule has 1 fully saturated rings. The highest BCUT2D eigenvalue weighted by Crippen LogP contribution is 2.27. The molecule has 0 bridgehead atoms. The summed E-state index contributed by atoms with van der Waals surface area (Å²) < 4.78 is 0. The lowest BCUT2D eigenvalue weighted by molar-refractivity contribution is -0.157. The number of aliphatic hydroxyl groups is 2. The van der Waals surface area contributed by atoms with Gasteiger partial charge in [0.25, 0.3) is 0 Å². The molecule has 534 valence electrons. The van der Waals surface area contributed by atoms with Crippen LogP contribution in [0.4, 0.5) is 0 Å². The highest BCUT2D eigenvalue weighted by molar-refractivity contribution is 7.99. The van der Waals surface area contributed by atoms with Crippen LogP contribution in [0.25, 0.3) is 0 Å². The number of carbonyl (C=O) groups is 11. The molecule has 93 heavy (non-hydrogen) atoms. The van der Waals surface area contributed by atoms with Gasteiger partial charge in [0.15, 0.2) is 0 Å². The predicted molar refractivity (Wildman–Crippen MR) is 369 cm³/mol. The zero-order valence-corrected chi connectivity index (χ0v) is 62.4. The molecule has 1 aliphatic rings. The Morgan fingerprint density at radius 3 is 1.43 bits per heavy atom. The number of carbonyl (C=O) groups excluding carboxylic acids is 11. The molecular weight excluding hydrogens is 1230 g/mol. The number of hydrogen-bond acceptors (Lipinski definition) is 15. The second-order valence-electron chi connectivity index (χ2n) is 28.2. The summed E-state index contributed by atoms with van der Waals surface area (Å²) >= 11 is 5.73. The number of aliphatic hydroxyl groups excluding tert-OH is 1. The van der Waals surface area contributed by atoms with Crippen molar-refractivity contribution in [3.8, 4) is 0 Å². The first-order chi connectivity index (χ1) is 43.0. The Kier molecular flexibility index (Phi) is 36.4. The van der Waals surface area contributed by atoms with Crippen molar-refractivity contribution in [2.45, 2.75) is 247 Å². The molecule has 0 aromatic rings. The first kappa shape index (κ1) is 85.5. The number of thioether (sulfide) groups is 1. The maximum absolute atomic E-state index is 15.3. The Bertz CT molecular complexity index is 2530. The van der Waals surface area contributed by atoms with Crippen molar-refractivity contribution in [1.82, 2.24) is 55.6 Å². The molecule has 13 atom stereocenters. The monoisotopic (exact) mass is 1350 g/mol. The largest absolute Gasteiger partial charge is 0.390 e. The van der Waals surface area contributed by atoms with Crippen LogP contribution >= 0.6 is 24.4 Å². The Morgan fingerprint density at radius 2 is 0.957 bits per heavy atom. The minimum Gasteiger partial charge on any atom is -0.390 e. The number of hydrogen-bond donors (Lipinski definition) is 7. The molecular formula is C67H121N11O13S2. The van der Waals surface area contributed by atoms with E-state index in [1.807, 2.05) is 41.5 Å². The Balaban J connectivity index is 4.56. The lowest BCUT2D eigenvalue weighted by Gasteiger charge is -2.41. The van der Waals surface area contributed by atoms with E-state index in [1.165, 1.54) is 113 Å². The zero-order chi connectivity index (χ0) is 72.0. The van der Waals surface area contributed by atoms with Gasteiger partial charge < -0.3 is 65.8 Å². The van der Waals surface area contributed by atoms with Gasteiger partial charge >= 0.3 is 0 Å². The summed E-state index contributed by atoms with van der Waals surface area (Å²) in [6, 6.07) is -14.4. The molecule has 1 saturated heterocycles. The van der Waals surface area contributed by atoms with Crippen molar-refractivity contribution in [3.63, 3.8) is 0 Å². The van der Waals surface area contributed by atoms with Gasteiger partial charge in [0.05, 0.1) is 11.7 Å². The maximum Gasteiger partial charge on any atom is 0.246 e. The number of allylic oxidation sites excluding steroid dienone is 2. The molecule has 11 amide bonds. The molecule has 0 aromatic heterocycles. The topological polar surface area (TPSA) is 299 Å². The third-order valence-electron chi connectivity index (χ3n) is 17.4. The van der Waals surface area contributed by atoms with Gasteiger partial charge in [-0.1, -0.05) is 95.2 Å². The van der Waals surface area contributed by atoms with Gasteiger partial charge in [-0.05, 0) is 127 Å². The van der Waals surface area contributed by atoms with E-state index in [0.29, 0.717) is 11.5 Å². The van der Waals surface area contributed by atoms with Crippen molar-refractivity contribution in [2.24, 2.45) is 35.5 Å². The summed E-state index contributed by atoms with van der Waals surface area (Å²) in [5.41, 5.74) is -1.58. The molecule has 24 nitrogen and oxygen atoms in total. The standard InChI is InChI=1S/C67H121N11O13S2/c1-25-27-30-43(13)55(79)54-59(83)70-46(26-2)61(85)76(22)51(37-93-32-29-28-31-92)64(88)75(21)50(36-67(16,17)91)58(82)71-52(41(9)10)65(89)72(18)47(33-38(3)4)57(81)68-44(14)56(80)69-45(15)60(84)73(19)48(34-39(5)6)62(86)74(20)49(35-40(7)8)63(87)77(23)53(42(11)12)66(90)78(54)24/h25,27,38-55,79,91-92H,26,28-37H2,1-24H3,(H,68,81)(H,69,80)(H,70,83)(H,71,82)/b27-25+/t43-,44+,45-,46+,47+,48+,49+,50+,51-,52+,53+,54+,55-/m1/s1. The lowest BCUT2D eigenvalue weighted by atomic mass is 9.91. The summed E-state index contributed by atoms with van der Waals surface area (Å²) in [5.74, 6) is -9.06. The molecule has 26 heteroatoms. The normalized spacial score (nSPS) is 26.6. The van der Waals surface area contributed by atoms with Gasteiger partial charge in [0, 0.05) is 61.5 Å². The van der Waals surface area contributed by atoms with E-state index >= 15 is 28.8 Å². The first-order valence-electron chi connectivity index (χ1n) is 33.3. The van der Waals surface area contributed by atoms with E-state index in [2.05, 4.69) is 33.9 Å². The van der Waals surface area contributed by atoms with E-state index < -0.39 is 161 Å². The van der Waals surface area contributed by atoms with E-state index in [-0.39, 0.29) is 62.0 Å². The van der Waals surface area contributed by atoms with Crippen LogP contribution in [-0.2, 0) is 52.7 Å². The van der Waals surface area contributed by atoms with Crippen molar-refractivity contribution < 1.29 is 63.0 Å². The molecule has 1 rings (SSSR count). The van der Waals surface area contributed by atoms with Crippen LogP contribution in [0.15, 0.2) is 12.2 Å². The number of thiol groups is 1. The van der Waals surface area contributed by atoms with Crippen molar-refractivity contribution in [1.29, 1.82) is 0 Å². The fourth-order valence-electron chi connectivity index (χ4n) is 11.5.